The molecule has 0 saturated carbocycles. The highest BCUT2D eigenvalue weighted by Gasteiger charge is 2.17. The Morgan fingerprint density at radius 2 is 2.31 bits per heavy atom. The molecule has 1 aromatic heterocycles. The molecule has 0 bridgehead atoms. The number of ether oxygens (including phenoxy) is 1. The quantitative estimate of drug-likeness (QED) is 0.793. The van der Waals surface area contributed by atoms with E-state index in [0.29, 0.717) is 12.7 Å². The molecule has 0 amide bonds. The molecular formula is C9H14N2OS. The first kappa shape index (κ1) is 9.12. The van der Waals surface area contributed by atoms with E-state index in [2.05, 4.69) is 17.2 Å². The topological polar surface area (TPSA) is 34.1 Å². The Morgan fingerprint density at radius 1 is 1.54 bits per heavy atom. The zero-order valence-electron chi connectivity index (χ0n) is 7.96. The van der Waals surface area contributed by atoms with E-state index in [4.69, 9.17) is 4.74 Å². The number of hydrogen-bond donors (Lipinski definition) is 1. The van der Waals surface area contributed by atoms with Crippen LogP contribution in [0.25, 0.3) is 0 Å². The van der Waals surface area contributed by atoms with Crippen molar-refractivity contribution in [2.45, 2.75) is 26.6 Å². The molecule has 2 heterocycles. The lowest BCUT2D eigenvalue weighted by atomic mass is 10.2. The fourth-order valence-corrected chi connectivity index (χ4v) is 2.10. The predicted octanol–water partition coefficient (Wildman–Crippen LogP) is 1.25. The highest BCUT2D eigenvalue weighted by Crippen LogP contribution is 2.17. The molecule has 3 nitrogen and oxygen atoms in total. The van der Waals surface area contributed by atoms with Crippen LogP contribution in [0.5, 0.6) is 0 Å². The molecule has 0 atom stereocenters. The van der Waals surface area contributed by atoms with Gasteiger partial charge in [0.2, 0.25) is 0 Å². The predicted molar refractivity (Wildman–Crippen MR) is 53.0 cm³/mol. The monoisotopic (exact) mass is 198 g/mol. The number of nitrogens with zero attached hydrogens (tertiary/aromatic N) is 1. The molecule has 0 radical (unpaired) electrons. The minimum absolute atomic E-state index is 0.404. The van der Waals surface area contributed by atoms with E-state index in [1.807, 2.05) is 6.92 Å². The van der Waals surface area contributed by atoms with Crippen molar-refractivity contribution in [2.24, 2.45) is 0 Å². The zero-order chi connectivity index (χ0) is 9.26. The molecule has 13 heavy (non-hydrogen) atoms. The highest BCUT2D eigenvalue weighted by atomic mass is 32.1. The second-order valence-corrected chi connectivity index (χ2v) is 4.73. The van der Waals surface area contributed by atoms with Gasteiger partial charge in [-0.05, 0) is 13.8 Å². The molecule has 0 unspecified atom stereocenters. The van der Waals surface area contributed by atoms with Gasteiger partial charge in [-0.15, -0.1) is 11.3 Å². The summed E-state index contributed by atoms with van der Waals surface area (Å²) in [5.41, 5.74) is 1.11. The summed E-state index contributed by atoms with van der Waals surface area (Å²) >= 11 is 1.74. The summed E-state index contributed by atoms with van der Waals surface area (Å²) in [4.78, 5) is 5.70. The number of aromatic nitrogens is 1. The summed E-state index contributed by atoms with van der Waals surface area (Å²) in [6.45, 7) is 6.78. The molecule has 4 heteroatoms. The summed E-state index contributed by atoms with van der Waals surface area (Å²) in [5.74, 6) is 0. The van der Waals surface area contributed by atoms with Crippen LogP contribution in [-0.2, 0) is 11.3 Å². The van der Waals surface area contributed by atoms with Crippen molar-refractivity contribution in [3.63, 3.8) is 0 Å². The van der Waals surface area contributed by atoms with Gasteiger partial charge in [-0.3, -0.25) is 0 Å². The van der Waals surface area contributed by atoms with E-state index < -0.39 is 0 Å². The van der Waals surface area contributed by atoms with Gasteiger partial charge in [0.1, 0.15) is 0 Å². The first-order valence-corrected chi connectivity index (χ1v) is 5.32. The number of rotatable bonds is 3. The van der Waals surface area contributed by atoms with Crippen LogP contribution in [0.2, 0.25) is 0 Å². The minimum atomic E-state index is 0.404. The Labute approximate surface area is 82.1 Å². The van der Waals surface area contributed by atoms with Gasteiger partial charge in [0, 0.05) is 18.0 Å². The van der Waals surface area contributed by atoms with Crippen LogP contribution in [0.4, 0.5) is 0 Å². The van der Waals surface area contributed by atoms with Crippen molar-refractivity contribution in [2.75, 3.05) is 13.1 Å². The summed E-state index contributed by atoms with van der Waals surface area (Å²) in [5, 5.41) is 4.30. The van der Waals surface area contributed by atoms with E-state index in [9.17, 15) is 0 Å². The van der Waals surface area contributed by atoms with Crippen molar-refractivity contribution in [1.82, 2.24) is 10.3 Å². The minimum Gasteiger partial charge on any atom is -0.369 e. The molecule has 1 N–H and O–H groups in total. The fraction of sp³-hybridized carbons (Fsp3) is 0.667. The summed E-state index contributed by atoms with van der Waals surface area (Å²) in [7, 11) is 0. The Balaban J connectivity index is 1.89. The lowest BCUT2D eigenvalue weighted by molar-refractivity contribution is 0.00603. The first-order chi connectivity index (χ1) is 6.25. The van der Waals surface area contributed by atoms with E-state index in [-0.39, 0.29) is 0 Å². The number of hydrogen-bond acceptors (Lipinski definition) is 4. The summed E-state index contributed by atoms with van der Waals surface area (Å²) in [6, 6.07) is 0. The van der Waals surface area contributed by atoms with E-state index in [1.165, 1.54) is 4.88 Å². The van der Waals surface area contributed by atoms with Gasteiger partial charge >= 0.3 is 0 Å². The second kappa shape index (κ2) is 3.74. The SMILES string of the molecule is Cc1nc(COC2CNC2)c(C)s1. The van der Waals surface area contributed by atoms with Gasteiger partial charge in [0.15, 0.2) is 0 Å². The lowest BCUT2D eigenvalue weighted by Crippen LogP contribution is -2.48. The average molecular weight is 198 g/mol. The molecule has 1 fully saturated rings. The number of thiazole rings is 1. The third-order valence-corrected chi connectivity index (χ3v) is 3.13. The van der Waals surface area contributed by atoms with Crippen LogP contribution in [-0.4, -0.2) is 24.2 Å². The number of nitrogens with one attached hydrogen (secondary N) is 1. The maximum Gasteiger partial charge on any atom is 0.0904 e. The standard InChI is InChI=1S/C9H14N2OS/c1-6-9(11-7(2)13-6)5-12-8-3-10-4-8/h8,10H,3-5H2,1-2H3. The third-order valence-electron chi connectivity index (χ3n) is 2.20. The van der Waals surface area contributed by atoms with Crippen molar-refractivity contribution in [3.8, 4) is 0 Å². The summed E-state index contributed by atoms with van der Waals surface area (Å²) < 4.78 is 5.64. The molecular weight excluding hydrogens is 184 g/mol. The van der Waals surface area contributed by atoms with Gasteiger partial charge in [-0.1, -0.05) is 0 Å². The molecule has 0 aliphatic carbocycles. The van der Waals surface area contributed by atoms with Gasteiger partial charge in [-0.25, -0.2) is 4.98 Å². The molecule has 72 valence electrons. The molecule has 0 spiro atoms. The molecule has 1 aromatic rings. The van der Waals surface area contributed by atoms with E-state index >= 15 is 0 Å². The third kappa shape index (κ3) is 2.07. The van der Waals surface area contributed by atoms with Gasteiger partial charge < -0.3 is 10.1 Å². The van der Waals surface area contributed by atoms with Crippen LogP contribution >= 0.6 is 11.3 Å². The van der Waals surface area contributed by atoms with Gasteiger partial charge in [0.25, 0.3) is 0 Å². The van der Waals surface area contributed by atoms with E-state index in [0.717, 1.165) is 23.8 Å². The smallest absolute Gasteiger partial charge is 0.0904 e. The molecule has 1 saturated heterocycles. The Morgan fingerprint density at radius 3 is 2.77 bits per heavy atom. The van der Waals surface area contributed by atoms with Crippen LogP contribution < -0.4 is 5.32 Å². The van der Waals surface area contributed by atoms with Gasteiger partial charge in [-0.2, -0.15) is 0 Å². The van der Waals surface area contributed by atoms with Crippen molar-refractivity contribution in [1.29, 1.82) is 0 Å². The Kier molecular flexibility index (Phi) is 2.62. The number of aryl methyl sites for hydroxylation is 2. The van der Waals surface area contributed by atoms with Crippen LogP contribution in [0, 0.1) is 13.8 Å². The average Bonchev–Trinajstić information content (AvgIpc) is 2.27. The maximum atomic E-state index is 5.64. The van der Waals surface area contributed by atoms with E-state index in [1.54, 1.807) is 11.3 Å². The normalized spacial score (nSPS) is 17.4. The molecule has 1 aliphatic heterocycles. The van der Waals surface area contributed by atoms with Gasteiger partial charge in [0.05, 0.1) is 23.4 Å². The first-order valence-electron chi connectivity index (χ1n) is 4.51. The van der Waals surface area contributed by atoms with Crippen LogP contribution in [0.1, 0.15) is 15.6 Å². The van der Waals surface area contributed by atoms with Crippen LogP contribution in [0.3, 0.4) is 0 Å². The highest BCUT2D eigenvalue weighted by molar-refractivity contribution is 7.11. The van der Waals surface area contributed by atoms with Crippen molar-refractivity contribution >= 4 is 11.3 Å². The van der Waals surface area contributed by atoms with Crippen molar-refractivity contribution < 1.29 is 4.74 Å². The molecule has 0 aromatic carbocycles. The largest absolute Gasteiger partial charge is 0.369 e. The van der Waals surface area contributed by atoms with Crippen LogP contribution in [0.15, 0.2) is 0 Å². The summed E-state index contributed by atoms with van der Waals surface area (Å²) in [6.07, 6.45) is 0.404. The lowest BCUT2D eigenvalue weighted by Gasteiger charge is -2.26. The second-order valence-electron chi connectivity index (χ2n) is 3.33. The maximum absolute atomic E-state index is 5.64. The Hall–Kier alpha value is -0.450. The van der Waals surface area contributed by atoms with Crippen molar-refractivity contribution in [3.05, 3.63) is 15.6 Å². The molecule has 1 aliphatic rings. The Bertz CT molecular complexity index is 294. The fourth-order valence-electron chi connectivity index (χ4n) is 1.28. The molecule has 2 rings (SSSR count). The zero-order valence-corrected chi connectivity index (χ0v) is 8.78.